The molecule has 0 amide bonds. The molecule has 6 nitrogen and oxygen atoms in total. The Kier molecular flexibility index (Phi) is 5.88. The van der Waals surface area contributed by atoms with Gasteiger partial charge < -0.3 is 9.09 Å². The number of aryl methyl sites for hydroxylation is 1. The van der Waals surface area contributed by atoms with Crippen LogP contribution in [0.15, 0.2) is 51.5 Å². The van der Waals surface area contributed by atoms with Crippen molar-refractivity contribution in [1.29, 1.82) is 0 Å². The highest BCUT2D eigenvalue weighted by molar-refractivity contribution is 7.99. The largest absolute Gasteiger partial charge is 0.339 e. The fourth-order valence-electron chi connectivity index (χ4n) is 3.25. The predicted molar refractivity (Wildman–Crippen MR) is 119 cm³/mol. The highest BCUT2D eigenvalue weighted by Gasteiger charge is 2.29. The third kappa shape index (κ3) is 4.61. The number of benzene rings is 1. The molecule has 0 atom stereocenters. The maximum absolute atomic E-state index is 5.93. The van der Waals surface area contributed by atoms with Gasteiger partial charge in [-0.15, -0.1) is 21.5 Å². The molecule has 30 heavy (non-hydrogen) atoms. The Bertz CT molecular complexity index is 1100. The number of hydrogen-bond acceptors (Lipinski definition) is 7. The molecule has 4 aromatic rings. The molecule has 1 fully saturated rings. The monoisotopic (exact) mass is 457 g/mol. The molecule has 0 saturated heterocycles. The van der Waals surface area contributed by atoms with Gasteiger partial charge in [0.25, 0.3) is 0 Å². The number of aromatic nitrogens is 5. The number of nitrogens with zero attached hydrogens (tertiary/aromatic N) is 5. The number of thiophene rings is 1. The lowest BCUT2D eigenvalue weighted by molar-refractivity contribution is 0.378. The van der Waals surface area contributed by atoms with E-state index in [0.717, 1.165) is 41.6 Å². The van der Waals surface area contributed by atoms with E-state index in [-0.39, 0.29) is 0 Å². The first kappa shape index (κ1) is 19.8. The van der Waals surface area contributed by atoms with Gasteiger partial charge in [-0.2, -0.15) is 4.98 Å². The quantitative estimate of drug-likeness (QED) is 0.237. The van der Waals surface area contributed by atoms with E-state index < -0.39 is 0 Å². The van der Waals surface area contributed by atoms with E-state index >= 15 is 0 Å². The summed E-state index contributed by atoms with van der Waals surface area (Å²) in [6.45, 7) is 0. The molecule has 3 heterocycles. The minimum Gasteiger partial charge on any atom is -0.339 e. The van der Waals surface area contributed by atoms with Crippen molar-refractivity contribution >= 4 is 34.7 Å². The Morgan fingerprint density at radius 2 is 2.03 bits per heavy atom. The van der Waals surface area contributed by atoms with Crippen LogP contribution in [-0.2, 0) is 12.8 Å². The summed E-state index contributed by atoms with van der Waals surface area (Å²) in [6.07, 6.45) is 4.98. The zero-order valence-electron chi connectivity index (χ0n) is 16.2. The summed E-state index contributed by atoms with van der Waals surface area (Å²) in [7, 11) is 0. The lowest BCUT2D eigenvalue weighted by Gasteiger charge is -2.07. The first-order chi connectivity index (χ1) is 14.8. The number of thioether (sulfide) groups is 1. The fourth-order valence-corrected chi connectivity index (χ4v) is 5.05. The van der Waals surface area contributed by atoms with Crippen LogP contribution in [0.5, 0.6) is 0 Å². The van der Waals surface area contributed by atoms with Gasteiger partial charge in [-0.05, 0) is 55.0 Å². The van der Waals surface area contributed by atoms with Crippen LogP contribution in [0.1, 0.15) is 41.9 Å². The van der Waals surface area contributed by atoms with Gasteiger partial charge in [-0.25, -0.2) is 0 Å². The van der Waals surface area contributed by atoms with E-state index in [0.29, 0.717) is 22.8 Å². The van der Waals surface area contributed by atoms with E-state index in [2.05, 4.69) is 42.4 Å². The van der Waals surface area contributed by atoms with E-state index in [1.54, 1.807) is 23.1 Å². The van der Waals surface area contributed by atoms with Crippen molar-refractivity contribution in [3.05, 3.63) is 63.4 Å². The molecule has 0 bridgehead atoms. The van der Waals surface area contributed by atoms with Crippen molar-refractivity contribution in [1.82, 2.24) is 24.9 Å². The van der Waals surface area contributed by atoms with E-state index in [1.807, 2.05) is 24.3 Å². The summed E-state index contributed by atoms with van der Waals surface area (Å²) < 4.78 is 7.74. The highest BCUT2D eigenvalue weighted by Crippen LogP contribution is 2.39. The average Bonchev–Trinajstić information content (AvgIpc) is 3.14. The Morgan fingerprint density at radius 1 is 1.17 bits per heavy atom. The summed E-state index contributed by atoms with van der Waals surface area (Å²) in [5.41, 5.74) is 0.902. The Morgan fingerprint density at radius 3 is 2.80 bits per heavy atom. The van der Waals surface area contributed by atoms with Crippen LogP contribution in [0.3, 0.4) is 0 Å². The molecule has 1 aliphatic rings. The second-order valence-corrected chi connectivity index (χ2v) is 9.76. The van der Waals surface area contributed by atoms with E-state index in [1.165, 1.54) is 17.7 Å². The van der Waals surface area contributed by atoms with Gasteiger partial charge in [0.1, 0.15) is 5.82 Å². The summed E-state index contributed by atoms with van der Waals surface area (Å²) in [5.74, 6) is 3.26. The van der Waals surface area contributed by atoms with Gasteiger partial charge in [-0.3, -0.25) is 0 Å². The summed E-state index contributed by atoms with van der Waals surface area (Å²) in [4.78, 5) is 5.82. The van der Waals surface area contributed by atoms with Gasteiger partial charge in [0.2, 0.25) is 11.7 Å². The molecule has 9 heteroatoms. The van der Waals surface area contributed by atoms with Crippen LogP contribution in [-0.4, -0.2) is 30.7 Å². The van der Waals surface area contributed by atoms with Gasteiger partial charge >= 0.3 is 0 Å². The smallest absolute Gasteiger partial charge is 0.226 e. The second-order valence-electron chi connectivity index (χ2n) is 7.23. The molecule has 0 N–H and O–H groups in total. The van der Waals surface area contributed by atoms with Crippen LogP contribution in [0, 0.1) is 0 Å². The SMILES string of the molecule is Clc1ccc(-c2noc(CCCSc3nnc(Cc4cccs4)n3C3CC3)n2)cc1. The maximum Gasteiger partial charge on any atom is 0.226 e. The van der Waals surface area contributed by atoms with Gasteiger partial charge in [0, 0.05) is 40.1 Å². The van der Waals surface area contributed by atoms with E-state index in [9.17, 15) is 0 Å². The Labute approximate surface area is 187 Å². The van der Waals surface area contributed by atoms with Gasteiger partial charge in [-0.1, -0.05) is 34.6 Å². The van der Waals surface area contributed by atoms with Gasteiger partial charge in [0.05, 0.1) is 0 Å². The van der Waals surface area contributed by atoms with Crippen LogP contribution in [0.4, 0.5) is 0 Å². The predicted octanol–water partition coefficient (Wildman–Crippen LogP) is 5.69. The molecule has 1 aliphatic carbocycles. The second kappa shape index (κ2) is 8.91. The van der Waals surface area contributed by atoms with Crippen molar-refractivity contribution in [3.63, 3.8) is 0 Å². The number of rotatable bonds is 9. The number of hydrogen-bond donors (Lipinski definition) is 0. The fraction of sp³-hybridized carbons (Fsp3) is 0.333. The van der Waals surface area contributed by atoms with Crippen molar-refractivity contribution < 1.29 is 4.52 Å². The van der Waals surface area contributed by atoms with Crippen molar-refractivity contribution in [3.8, 4) is 11.4 Å². The third-order valence-corrected chi connectivity index (χ3v) is 7.05. The molecular weight excluding hydrogens is 438 g/mol. The van der Waals surface area contributed by atoms with Crippen molar-refractivity contribution in [2.24, 2.45) is 0 Å². The van der Waals surface area contributed by atoms with Gasteiger partial charge in [0.15, 0.2) is 5.16 Å². The van der Waals surface area contributed by atoms with Crippen LogP contribution >= 0.6 is 34.7 Å². The average molecular weight is 458 g/mol. The zero-order chi connectivity index (χ0) is 20.3. The first-order valence-corrected chi connectivity index (χ1v) is 12.2. The summed E-state index contributed by atoms with van der Waals surface area (Å²) in [5, 5.41) is 16.9. The molecular formula is C21H20ClN5OS2. The third-order valence-electron chi connectivity index (χ3n) is 4.90. The molecule has 0 spiro atoms. The molecule has 154 valence electrons. The minimum atomic E-state index is 0.565. The van der Waals surface area contributed by atoms with Crippen molar-refractivity contribution in [2.45, 2.75) is 43.3 Å². The van der Waals surface area contributed by atoms with Crippen molar-refractivity contribution in [2.75, 3.05) is 5.75 Å². The molecule has 3 aromatic heterocycles. The Hall–Kier alpha value is -2.16. The molecule has 1 saturated carbocycles. The molecule has 0 unspecified atom stereocenters. The highest BCUT2D eigenvalue weighted by atomic mass is 35.5. The molecule has 0 aliphatic heterocycles. The standard InChI is InChI=1S/C21H20ClN5OS2/c22-15-7-5-14(6-8-15)20-23-19(28-26-20)4-2-12-30-21-25-24-18(27(21)16-9-10-16)13-17-3-1-11-29-17/h1,3,5-8,11,16H,2,4,9-10,12-13H2. The minimum absolute atomic E-state index is 0.565. The van der Waals surface area contributed by atoms with Crippen LogP contribution in [0.2, 0.25) is 5.02 Å². The van der Waals surface area contributed by atoms with Crippen LogP contribution < -0.4 is 0 Å². The number of halogens is 1. The molecule has 5 rings (SSSR count). The molecule has 1 aromatic carbocycles. The Balaban J connectivity index is 1.17. The zero-order valence-corrected chi connectivity index (χ0v) is 18.6. The summed E-state index contributed by atoms with van der Waals surface area (Å²) >= 11 is 9.46. The maximum atomic E-state index is 5.93. The first-order valence-electron chi connectivity index (χ1n) is 9.94. The topological polar surface area (TPSA) is 69.6 Å². The lowest BCUT2D eigenvalue weighted by atomic mass is 10.2. The lowest BCUT2D eigenvalue weighted by Crippen LogP contribution is -2.03. The normalized spacial score (nSPS) is 13.8. The summed E-state index contributed by atoms with van der Waals surface area (Å²) in [6, 6.07) is 12.3. The van der Waals surface area contributed by atoms with E-state index in [4.69, 9.17) is 16.1 Å². The molecule has 0 radical (unpaired) electrons. The van der Waals surface area contributed by atoms with Crippen LogP contribution in [0.25, 0.3) is 11.4 Å².